The van der Waals surface area contributed by atoms with E-state index in [4.69, 9.17) is 26.1 Å². The maximum Gasteiger partial charge on any atom is 0.229 e. The highest BCUT2D eigenvalue weighted by Crippen LogP contribution is 2.33. The molecule has 2 fully saturated rings. The summed E-state index contributed by atoms with van der Waals surface area (Å²) in [5, 5.41) is 4.61. The number of pyridine rings is 2. The number of anilines is 3. The molecule has 1 aliphatic carbocycles. The maximum absolute atomic E-state index is 11.8. The summed E-state index contributed by atoms with van der Waals surface area (Å²) in [5.41, 5.74) is 1.80. The van der Waals surface area contributed by atoms with Crippen molar-refractivity contribution in [3.05, 3.63) is 35.2 Å². The molecule has 13 heteroatoms. The second kappa shape index (κ2) is 10.8. The summed E-state index contributed by atoms with van der Waals surface area (Å²) in [4.78, 5) is 20.2. The zero-order chi connectivity index (χ0) is 26.0. The Labute approximate surface area is 221 Å². The second-order valence-electron chi connectivity index (χ2n) is 9.41. The number of nitrogens with one attached hydrogen (secondary N) is 2. The lowest BCUT2D eigenvalue weighted by Crippen LogP contribution is -2.37. The molecule has 11 nitrogen and oxygen atoms in total. The zero-order valence-electron chi connectivity index (χ0n) is 20.8. The molecule has 3 aromatic heterocycles. The summed E-state index contributed by atoms with van der Waals surface area (Å²) in [5.74, 6) is 1.80. The van der Waals surface area contributed by atoms with Crippen LogP contribution in [0.4, 0.5) is 17.5 Å². The molecular formula is C24H30ClN7O4S. The number of aryl methyl sites for hydroxylation is 1. The van der Waals surface area contributed by atoms with Gasteiger partial charge in [-0.05, 0) is 38.7 Å². The van der Waals surface area contributed by atoms with Crippen molar-refractivity contribution in [1.29, 1.82) is 0 Å². The van der Waals surface area contributed by atoms with Crippen molar-refractivity contribution in [2.24, 2.45) is 0 Å². The van der Waals surface area contributed by atoms with E-state index < -0.39 is 10.0 Å². The van der Waals surface area contributed by atoms with Gasteiger partial charge in [-0.25, -0.2) is 18.4 Å². The molecule has 198 valence electrons. The third kappa shape index (κ3) is 6.49. The highest BCUT2D eigenvalue weighted by Gasteiger charge is 2.25. The van der Waals surface area contributed by atoms with Crippen molar-refractivity contribution >= 4 is 50.0 Å². The third-order valence-electron chi connectivity index (χ3n) is 6.47. The van der Waals surface area contributed by atoms with Gasteiger partial charge in [0.2, 0.25) is 21.9 Å². The minimum Gasteiger partial charge on any atom is -0.474 e. The lowest BCUT2D eigenvalue weighted by molar-refractivity contribution is 0.122. The Morgan fingerprint density at radius 1 is 1.08 bits per heavy atom. The van der Waals surface area contributed by atoms with Gasteiger partial charge in [0, 0.05) is 25.2 Å². The number of rotatable bonds is 7. The van der Waals surface area contributed by atoms with Crippen LogP contribution in [-0.2, 0) is 14.8 Å². The first-order valence-electron chi connectivity index (χ1n) is 12.3. The Balaban J connectivity index is 1.34. The van der Waals surface area contributed by atoms with Crippen LogP contribution in [0, 0.1) is 6.92 Å². The predicted octanol–water partition coefficient (Wildman–Crippen LogP) is 3.39. The monoisotopic (exact) mass is 547 g/mol. The van der Waals surface area contributed by atoms with Crippen molar-refractivity contribution in [2.75, 3.05) is 47.5 Å². The summed E-state index contributed by atoms with van der Waals surface area (Å²) in [6.45, 7) is 4.58. The third-order valence-corrected chi connectivity index (χ3v) is 7.45. The fraction of sp³-hybridized carbons (Fsp3) is 0.500. The summed E-state index contributed by atoms with van der Waals surface area (Å²) in [6, 6.07) is 3.87. The Morgan fingerprint density at radius 2 is 1.84 bits per heavy atom. The van der Waals surface area contributed by atoms with Crippen molar-refractivity contribution in [1.82, 2.24) is 19.9 Å². The van der Waals surface area contributed by atoms with E-state index in [1.807, 2.05) is 13.0 Å². The van der Waals surface area contributed by atoms with Crippen LogP contribution in [0.1, 0.15) is 31.4 Å². The van der Waals surface area contributed by atoms with Crippen molar-refractivity contribution < 1.29 is 17.9 Å². The molecule has 1 saturated carbocycles. The van der Waals surface area contributed by atoms with E-state index in [-0.39, 0.29) is 12.1 Å². The summed E-state index contributed by atoms with van der Waals surface area (Å²) in [6.07, 6.45) is 7.61. The molecule has 0 atom stereocenters. The molecule has 1 aliphatic heterocycles. The van der Waals surface area contributed by atoms with Crippen molar-refractivity contribution in [2.45, 2.75) is 44.8 Å². The maximum atomic E-state index is 11.8. The molecular weight excluding hydrogens is 518 g/mol. The molecule has 0 bridgehead atoms. The summed E-state index contributed by atoms with van der Waals surface area (Å²) >= 11 is 6.04. The van der Waals surface area contributed by atoms with E-state index in [1.165, 1.54) is 6.20 Å². The lowest BCUT2D eigenvalue weighted by Gasteiger charge is -2.31. The first-order valence-corrected chi connectivity index (χ1v) is 14.5. The van der Waals surface area contributed by atoms with Gasteiger partial charge in [0.05, 0.1) is 59.2 Å². The standard InChI is InChI=1S/C24H30ClN7O4S/c1-15-20(25)14-27-24(28-15)29-16-3-5-18(6-4-16)36-23-19-11-17(31-37(2,33)34)13-26-21(19)12-22(30-23)32-7-9-35-10-8-32/h11-14,16,18,31H,3-10H2,1-2H3,(H,27,28,29). The van der Waals surface area contributed by atoms with Crippen LogP contribution in [0.2, 0.25) is 5.02 Å². The van der Waals surface area contributed by atoms with E-state index in [1.54, 1.807) is 12.3 Å². The average molecular weight is 548 g/mol. The van der Waals surface area contributed by atoms with Crippen LogP contribution in [0.15, 0.2) is 24.5 Å². The molecule has 5 rings (SSSR count). The van der Waals surface area contributed by atoms with Crippen LogP contribution in [0.3, 0.4) is 0 Å². The Hall–Kier alpha value is -2.96. The highest BCUT2D eigenvalue weighted by atomic mass is 35.5. The Morgan fingerprint density at radius 3 is 2.54 bits per heavy atom. The van der Waals surface area contributed by atoms with E-state index in [9.17, 15) is 8.42 Å². The SMILES string of the molecule is Cc1nc(NC2CCC(Oc3nc(N4CCOCC4)cc4ncc(NS(C)(=O)=O)cc34)CC2)ncc1Cl. The molecule has 0 amide bonds. The van der Waals surface area contributed by atoms with Crippen LogP contribution in [0.25, 0.3) is 10.9 Å². The number of aromatic nitrogens is 4. The molecule has 37 heavy (non-hydrogen) atoms. The van der Waals surface area contributed by atoms with Gasteiger partial charge in [-0.3, -0.25) is 9.71 Å². The molecule has 2 aliphatic rings. The molecule has 2 N–H and O–H groups in total. The van der Waals surface area contributed by atoms with Crippen LogP contribution < -0.4 is 19.7 Å². The van der Waals surface area contributed by atoms with Gasteiger partial charge in [0.25, 0.3) is 0 Å². The lowest BCUT2D eigenvalue weighted by atomic mass is 9.93. The highest BCUT2D eigenvalue weighted by molar-refractivity contribution is 7.92. The molecule has 0 aromatic carbocycles. The van der Waals surface area contributed by atoms with Gasteiger partial charge in [0.15, 0.2) is 0 Å². The van der Waals surface area contributed by atoms with Gasteiger partial charge in [0.1, 0.15) is 11.9 Å². The predicted molar refractivity (Wildman–Crippen MR) is 143 cm³/mol. The van der Waals surface area contributed by atoms with E-state index in [2.05, 4.69) is 29.9 Å². The number of ether oxygens (including phenoxy) is 2. The van der Waals surface area contributed by atoms with Gasteiger partial charge in [-0.2, -0.15) is 4.98 Å². The normalized spacial score (nSPS) is 20.6. The number of hydrogen-bond donors (Lipinski definition) is 2. The Kier molecular flexibility index (Phi) is 7.50. The number of nitrogens with zero attached hydrogens (tertiary/aromatic N) is 5. The first kappa shape index (κ1) is 25.7. The number of sulfonamides is 1. The van der Waals surface area contributed by atoms with Gasteiger partial charge < -0.3 is 19.7 Å². The fourth-order valence-corrected chi connectivity index (χ4v) is 5.21. The average Bonchev–Trinajstić information content (AvgIpc) is 2.87. The zero-order valence-corrected chi connectivity index (χ0v) is 22.3. The van der Waals surface area contributed by atoms with Crippen LogP contribution in [-0.4, -0.2) is 73.1 Å². The van der Waals surface area contributed by atoms with Crippen molar-refractivity contribution in [3.8, 4) is 5.88 Å². The quantitative estimate of drug-likeness (QED) is 0.453. The van der Waals surface area contributed by atoms with Crippen LogP contribution in [0.5, 0.6) is 5.88 Å². The van der Waals surface area contributed by atoms with Gasteiger partial charge >= 0.3 is 0 Å². The van der Waals surface area contributed by atoms with Crippen molar-refractivity contribution in [3.63, 3.8) is 0 Å². The second-order valence-corrected chi connectivity index (χ2v) is 11.6. The minimum atomic E-state index is -3.45. The molecule has 3 aromatic rings. The largest absolute Gasteiger partial charge is 0.474 e. The smallest absolute Gasteiger partial charge is 0.229 e. The fourth-order valence-electron chi connectivity index (χ4n) is 4.58. The first-order chi connectivity index (χ1) is 17.7. The van der Waals surface area contributed by atoms with Gasteiger partial charge in [-0.1, -0.05) is 11.6 Å². The molecule has 1 saturated heterocycles. The summed E-state index contributed by atoms with van der Waals surface area (Å²) in [7, 11) is -3.45. The molecule has 0 unspecified atom stereocenters. The van der Waals surface area contributed by atoms with E-state index in [0.717, 1.165) is 56.5 Å². The number of morpholine rings is 1. The molecule has 0 radical (unpaired) electrons. The molecule has 4 heterocycles. The van der Waals surface area contributed by atoms with E-state index in [0.29, 0.717) is 46.7 Å². The van der Waals surface area contributed by atoms with Gasteiger partial charge in [-0.15, -0.1) is 0 Å². The number of halogens is 1. The van der Waals surface area contributed by atoms with Crippen LogP contribution >= 0.6 is 11.6 Å². The topological polar surface area (TPSA) is 131 Å². The van der Waals surface area contributed by atoms with E-state index >= 15 is 0 Å². The minimum absolute atomic E-state index is 0.0342. The number of fused-ring (bicyclic) bond motifs is 1. The summed E-state index contributed by atoms with van der Waals surface area (Å²) < 4.78 is 38.0. The Bertz CT molecular complexity index is 1380. The number of hydrogen-bond acceptors (Lipinski definition) is 10. The molecule has 0 spiro atoms.